The molecule has 1 N–H and O–H groups in total. The molecule has 4 nitrogen and oxygen atoms in total. The van der Waals surface area contributed by atoms with Crippen molar-refractivity contribution in [1.82, 2.24) is 5.32 Å². The predicted molar refractivity (Wildman–Crippen MR) is 136 cm³/mol. The van der Waals surface area contributed by atoms with E-state index in [-0.39, 0.29) is 22.8 Å². The van der Waals surface area contributed by atoms with Crippen LogP contribution in [0.1, 0.15) is 59.2 Å². The average Bonchev–Trinajstić information content (AvgIpc) is 2.90. The highest BCUT2D eigenvalue weighted by Gasteiger charge is 2.39. The van der Waals surface area contributed by atoms with Crippen LogP contribution in [-0.4, -0.2) is 20.2 Å². The summed E-state index contributed by atoms with van der Waals surface area (Å²) in [4.78, 5) is 12.6. The largest absolute Gasteiger partial charge is 0.496 e. The fourth-order valence-electron chi connectivity index (χ4n) is 4.46. The number of hydrogen-bond acceptors (Lipinski definition) is 4. The first-order valence-electron chi connectivity index (χ1n) is 12.4. The second-order valence-electron chi connectivity index (χ2n) is 9.63. The molecule has 0 saturated carbocycles. The summed E-state index contributed by atoms with van der Waals surface area (Å²) < 4.78 is 133. The molecule has 13 heteroatoms. The smallest absolute Gasteiger partial charge is 0.416 e. The van der Waals surface area contributed by atoms with Crippen molar-refractivity contribution in [3.8, 4) is 16.9 Å². The van der Waals surface area contributed by atoms with E-state index in [4.69, 9.17) is 4.74 Å². The summed E-state index contributed by atoms with van der Waals surface area (Å²) in [5.41, 5.74) is -4.53. The fourth-order valence-corrected chi connectivity index (χ4v) is 4.46. The van der Waals surface area contributed by atoms with Crippen molar-refractivity contribution in [2.24, 2.45) is 0 Å². The molecule has 0 spiro atoms. The number of benzene rings is 3. The molecule has 0 bridgehead atoms. The quantitative estimate of drug-likeness (QED) is 0.206. The molecule has 0 saturated heterocycles. The van der Waals surface area contributed by atoms with E-state index in [1.165, 1.54) is 13.2 Å². The highest BCUT2D eigenvalue weighted by atomic mass is 19.4. The van der Waals surface area contributed by atoms with E-state index in [9.17, 15) is 44.3 Å². The van der Waals surface area contributed by atoms with E-state index < -0.39 is 65.3 Å². The number of hydrogen-bond donors (Lipinski definition) is 1. The molecule has 1 unspecified atom stereocenters. The monoisotopic (exact) mass is 607 g/mol. The van der Waals surface area contributed by atoms with Gasteiger partial charge < -0.3 is 9.47 Å². The highest BCUT2D eigenvalue weighted by Crippen LogP contribution is 2.42. The first kappa shape index (κ1) is 32.8. The van der Waals surface area contributed by atoms with Crippen LogP contribution < -0.4 is 10.1 Å². The van der Waals surface area contributed by atoms with Crippen molar-refractivity contribution < 1.29 is 53.8 Å². The second kappa shape index (κ2) is 12.2. The molecule has 1 atom stereocenters. The Hall–Kier alpha value is -3.74. The van der Waals surface area contributed by atoms with Gasteiger partial charge in [0.2, 0.25) is 0 Å². The SMILES string of the molecule is COC(=O)C(NCc1cc(C(F)(F)F)c(C(C)C)cc1-c1ccccc1OC)c1cc(C(F)(F)F)cc(C(F)(F)F)c1. The number of methoxy groups -OCH3 is 2. The van der Waals surface area contributed by atoms with Crippen LogP contribution in [0.5, 0.6) is 5.75 Å². The summed E-state index contributed by atoms with van der Waals surface area (Å²) in [6, 6.07) is 7.25. The molecule has 0 aliphatic rings. The summed E-state index contributed by atoms with van der Waals surface area (Å²) in [5, 5.41) is 2.52. The van der Waals surface area contributed by atoms with Gasteiger partial charge in [-0.25, -0.2) is 4.79 Å². The molecule has 0 aromatic heterocycles. The molecular formula is C29H26F9NO3. The maximum absolute atomic E-state index is 14.1. The molecule has 0 amide bonds. The van der Waals surface area contributed by atoms with Crippen molar-refractivity contribution in [2.45, 2.75) is 50.9 Å². The van der Waals surface area contributed by atoms with Gasteiger partial charge in [0.1, 0.15) is 11.8 Å². The van der Waals surface area contributed by atoms with Gasteiger partial charge in [0.15, 0.2) is 0 Å². The Bertz CT molecular complexity index is 1400. The molecule has 0 aliphatic carbocycles. The zero-order valence-corrected chi connectivity index (χ0v) is 22.7. The van der Waals surface area contributed by atoms with E-state index in [1.807, 2.05) is 0 Å². The van der Waals surface area contributed by atoms with E-state index >= 15 is 0 Å². The molecule has 3 aromatic rings. The number of carbonyl (C=O) groups is 1. The molecule has 0 fully saturated rings. The van der Waals surface area contributed by atoms with Crippen LogP contribution in [0, 0.1) is 0 Å². The van der Waals surface area contributed by atoms with Gasteiger partial charge in [-0.05, 0) is 64.6 Å². The third-order valence-electron chi connectivity index (χ3n) is 6.48. The van der Waals surface area contributed by atoms with Gasteiger partial charge in [-0.3, -0.25) is 5.32 Å². The summed E-state index contributed by atoms with van der Waals surface area (Å²) in [6.07, 6.45) is -15.2. The topological polar surface area (TPSA) is 47.6 Å². The molecule has 0 heterocycles. The van der Waals surface area contributed by atoms with E-state index in [2.05, 4.69) is 10.1 Å². The Morgan fingerprint density at radius 2 is 1.36 bits per heavy atom. The molecule has 228 valence electrons. The second-order valence-corrected chi connectivity index (χ2v) is 9.63. The number of rotatable bonds is 8. The van der Waals surface area contributed by atoms with Crippen LogP contribution >= 0.6 is 0 Å². The van der Waals surface area contributed by atoms with Crippen molar-refractivity contribution >= 4 is 5.97 Å². The summed E-state index contributed by atoms with van der Waals surface area (Å²) in [6.45, 7) is 2.55. The standard InChI is InChI=1S/C29H26F9NO3/c1-15(2)21-13-22(20-7-5-6-8-24(20)41-3)17(11-23(21)29(36,37)38)14-39-25(26(40)42-4)16-9-18(27(30,31)32)12-19(10-16)28(33,34)35/h5-13,15,25,39H,14H2,1-4H3. The van der Waals surface area contributed by atoms with E-state index in [1.54, 1.807) is 38.1 Å². The molecule has 42 heavy (non-hydrogen) atoms. The maximum Gasteiger partial charge on any atom is 0.416 e. The minimum absolute atomic E-state index is 0.0480. The van der Waals surface area contributed by atoms with Crippen molar-refractivity contribution in [2.75, 3.05) is 14.2 Å². The van der Waals surface area contributed by atoms with Crippen LogP contribution in [0.25, 0.3) is 11.1 Å². The van der Waals surface area contributed by atoms with Gasteiger partial charge in [-0.2, -0.15) is 39.5 Å². The minimum atomic E-state index is -5.19. The predicted octanol–water partition coefficient (Wildman–Crippen LogP) is 8.55. The first-order valence-corrected chi connectivity index (χ1v) is 12.4. The lowest BCUT2D eigenvalue weighted by Crippen LogP contribution is -2.30. The summed E-state index contributed by atoms with van der Waals surface area (Å²) >= 11 is 0. The molecule has 0 aliphatic heterocycles. The molecule has 0 radical (unpaired) electrons. The number of ether oxygens (including phenoxy) is 2. The van der Waals surface area contributed by atoms with Crippen LogP contribution in [-0.2, 0) is 34.6 Å². The van der Waals surface area contributed by atoms with Crippen LogP contribution in [0.2, 0.25) is 0 Å². The normalized spacial score (nSPS) is 13.3. The number of carbonyl (C=O) groups excluding carboxylic acids is 1. The zero-order chi connectivity index (χ0) is 31.6. The number of esters is 1. The van der Waals surface area contributed by atoms with Gasteiger partial charge >= 0.3 is 24.5 Å². The molecule has 3 aromatic carbocycles. The third kappa shape index (κ3) is 7.36. The van der Waals surface area contributed by atoms with Gasteiger partial charge in [0.05, 0.1) is 30.9 Å². The lowest BCUT2D eigenvalue weighted by molar-refractivity contribution is -0.146. The van der Waals surface area contributed by atoms with Crippen LogP contribution in [0.15, 0.2) is 54.6 Å². The van der Waals surface area contributed by atoms with Crippen LogP contribution in [0.3, 0.4) is 0 Å². The Labute approximate surface area is 235 Å². The summed E-state index contributed by atoms with van der Waals surface area (Å²) in [5.74, 6) is -1.53. The van der Waals surface area contributed by atoms with Gasteiger partial charge in [0.25, 0.3) is 0 Å². The molecule has 3 rings (SSSR count). The zero-order valence-electron chi connectivity index (χ0n) is 22.7. The lowest BCUT2D eigenvalue weighted by atomic mass is 9.88. The Morgan fingerprint density at radius 1 is 0.786 bits per heavy atom. The number of para-hydroxylation sites is 1. The number of alkyl halides is 9. The number of halogens is 9. The van der Waals surface area contributed by atoms with Crippen molar-refractivity contribution in [1.29, 1.82) is 0 Å². The van der Waals surface area contributed by atoms with Gasteiger partial charge in [-0.15, -0.1) is 0 Å². The first-order chi connectivity index (χ1) is 19.4. The van der Waals surface area contributed by atoms with E-state index in [0.717, 1.165) is 13.2 Å². The third-order valence-corrected chi connectivity index (χ3v) is 6.48. The fraction of sp³-hybridized carbons (Fsp3) is 0.345. The van der Waals surface area contributed by atoms with Crippen molar-refractivity contribution in [3.05, 3.63) is 88.0 Å². The van der Waals surface area contributed by atoms with Gasteiger partial charge in [-0.1, -0.05) is 32.0 Å². The highest BCUT2D eigenvalue weighted by molar-refractivity contribution is 5.78. The molecular weight excluding hydrogens is 581 g/mol. The van der Waals surface area contributed by atoms with E-state index in [0.29, 0.717) is 23.4 Å². The lowest BCUT2D eigenvalue weighted by Gasteiger charge is -2.24. The summed E-state index contributed by atoms with van der Waals surface area (Å²) in [7, 11) is 2.22. The Balaban J connectivity index is 2.22. The average molecular weight is 608 g/mol. The minimum Gasteiger partial charge on any atom is -0.496 e. The van der Waals surface area contributed by atoms with Gasteiger partial charge in [0, 0.05) is 12.1 Å². The van der Waals surface area contributed by atoms with Crippen LogP contribution in [0.4, 0.5) is 39.5 Å². The number of nitrogens with one attached hydrogen (secondary N) is 1. The Morgan fingerprint density at radius 3 is 1.83 bits per heavy atom. The maximum atomic E-state index is 14.1. The Kier molecular flexibility index (Phi) is 9.55. The van der Waals surface area contributed by atoms with Crippen molar-refractivity contribution in [3.63, 3.8) is 0 Å².